The normalized spacial score (nSPS) is 11.1. The van der Waals surface area contributed by atoms with E-state index in [1.54, 1.807) is 0 Å². The van der Waals surface area contributed by atoms with Crippen molar-refractivity contribution >= 4 is 27.5 Å². The van der Waals surface area contributed by atoms with Crippen LogP contribution in [0.5, 0.6) is 0 Å². The van der Waals surface area contributed by atoms with Crippen molar-refractivity contribution in [3.63, 3.8) is 0 Å². The number of hydrogen-bond donors (Lipinski definition) is 2. The lowest BCUT2D eigenvalue weighted by Crippen LogP contribution is -2.23. The van der Waals surface area contributed by atoms with Gasteiger partial charge in [0.1, 0.15) is 11.4 Å². The average molecular weight is 321 g/mol. The Balaban J connectivity index is 2.00. The third-order valence-corrected chi connectivity index (χ3v) is 3.86. The van der Waals surface area contributed by atoms with E-state index in [4.69, 9.17) is 15.4 Å². The zero-order chi connectivity index (χ0) is 15.7. The fourth-order valence-electron chi connectivity index (χ4n) is 1.96. The lowest BCUT2D eigenvalue weighted by Gasteiger charge is -2.01. The molecule has 3 N–H and O–H groups in total. The zero-order valence-electron chi connectivity index (χ0n) is 11.2. The summed E-state index contributed by atoms with van der Waals surface area (Å²) < 4.78 is 6.26. The molecule has 0 atom stereocenters. The van der Waals surface area contributed by atoms with Crippen LogP contribution in [0.25, 0.3) is 10.2 Å². The van der Waals surface area contributed by atoms with Crippen molar-refractivity contribution in [3.8, 4) is 0 Å². The summed E-state index contributed by atoms with van der Waals surface area (Å²) in [6.45, 7) is -0.0719. The van der Waals surface area contributed by atoms with Crippen molar-refractivity contribution in [1.29, 1.82) is 0 Å². The lowest BCUT2D eigenvalue weighted by molar-refractivity contribution is 0.100. The molecule has 0 bridgehead atoms. The fourth-order valence-corrected chi connectivity index (χ4v) is 2.85. The van der Waals surface area contributed by atoms with Crippen molar-refractivity contribution < 1.29 is 14.4 Å². The van der Waals surface area contributed by atoms with Gasteiger partial charge in [-0.25, -0.2) is 4.98 Å². The van der Waals surface area contributed by atoms with E-state index in [0.717, 1.165) is 0 Å². The molecule has 3 aromatic heterocycles. The van der Waals surface area contributed by atoms with Gasteiger partial charge < -0.3 is 15.4 Å². The maximum absolute atomic E-state index is 12.4. The Morgan fingerprint density at radius 3 is 3.05 bits per heavy atom. The molecule has 0 aromatic carbocycles. The van der Waals surface area contributed by atoms with E-state index in [-0.39, 0.29) is 36.4 Å². The van der Waals surface area contributed by atoms with Gasteiger partial charge >= 0.3 is 0 Å². The summed E-state index contributed by atoms with van der Waals surface area (Å²) in [5, 5.41) is 14.2. The molecule has 0 saturated heterocycles. The SMILES string of the molecule is NC(=O)c1csc2ncn(Cc3nc(CCO)no3)c(=O)c12. The first kappa shape index (κ1) is 14.4. The molecule has 22 heavy (non-hydrogen) atoms. The molecule has 0 saturated carbocycles. The van der Waals surface area contributed by atoms with Crippen LogP contribution in [0, 0.1) is 0 Å². The number of fused-ring (bicyclic) bond motifs is 1. The number of nitrogens with zero attached hydrogens (tertiary/aromatic N) is 4. The van der Waals surface area contributed by atoms with E-state index < -0.39 is 11.5 Å². The van der Waals surface area contributed by atoms with Crippen LogP contribution in [0.15, 0.2) is 21.0 Å². The third kappa shape index (κ3) is 2.49. The van der Waals surface area contributed by atoms with E-state index in [1.165, 1.54) is 27.6 Å². The molecule has 3 rings (SSSR count). The number of aliphatic hydroxyl groups excluding tert-OH is 1. The molecule has 10 heteroatoms. The predicted octanol–water partition coefficient (Wildman–Crippen LogP) is -0.477. The minimum absolute atomic E-state index is 0.0221. The van der Waals surface area contributed by atoms with Gasteiger partial charge in [0.05, 0.1) is 23.9 Å². The molecule has 3 aromatic rings. The summed E-state index contributed by atoms with van der Waals surface area (Å²) in [5.41, 5.74) is 5.01. The molecule has 114 valence electrons. The Kier molecular flexibility index (Phi) is 3.69. The standard InChI is InChI=1S/C12H11N5O4S/c13-10(19)6-4-22-11-9(6)12(20)17(5-14-11)3-8-15-7(1-2-18)16-21-8/h4-5,18H,1-3H2,(H2,13,19). The van der Waals surface area contributed by atoms with Gasteiger partial charge in [-0.3, -0.25) is 14.2 Å². The predicted molar refractivity (Wildman–Crippen MR) is 76.6 cm³/mol. The van der Waals surface area contributed by atoms with Gasteiger partial charge in [0.15, 0.2) is 5.82 Å². The number of carbonyl (C=O) groups excluding carboxylic acids is 1. The number of aliphatic hydroxyl groups is 1. The maximum atomic E-state index is 12.4. The fraction of sp³-hybridized carbons (Fsp3) is 0.250. The molecule has 3 heterocycles. The minimum Gasteiger partial charge on any atom is -0.396 e. The number of rotatable bonds is 5. The van der Waals surface area contributed by atoms with Crippen LogP contribution >= 0.6 is 11.3 Å². The molecule has 0 radical (unpaired) electrons. The Bertz CT molecular complexity index is 896. The number of amides is 1. The van der Waals surface area contributed by atoms with Gasteiger partial charge in [-0.1, -0.05) is 5.16 Å². The van der Waals surface area contributed by atoms with Gasteiger partial charge in [-0.15, -0.1) is 11.3 Å². The van der Waals surface area contributed by atoms with E-state index in [2.05, 4.69) is 15.1 Å². The van der Waals surface area contributed by atoms with Crippen LogP contribution in [0.4, 0.5) is 0 Å². The summed E-state index contributed by atoms with van der Waals surface area (Å²) in [6.07, 6.45) is 1.62. The van der Waals surface area contributed by atoms with Crippen molar-refractivity contribution in [2.45, 2.75) is 13.0 Å². The van der Waals surface area contributed by atoms with Crippen LogP contribution in [-0.4, -0.2) is 37.3 Å². The van der Waals surface area contributed by atoms with Crippen molar-refractivity contribution in [3.05, 3.63) is 39.3 Å². The molecule has 9 nitrogen and oxygen atoms in total. The van der Waals surface area contributed by atoms with Crippen LogP contribution < -0.4 is 11.3 Å². The average Bonchev–Trinajstić information content (AvgIpc) is 3.09. The Hall–Kier alpha value is -2.59. The van der Waals surface area contributed by atoms with Crippen molar-refractivity contribution in [2.24, 2.45) is 5.73 Å². The monoisotopic (exact) mass is 321 g/mol. The number of hydrogen-bond acceptors (Lipinski definition) is 8. The van der Waals surface area contributed by atoms with Crippen molar-refractivity contribution in [2.75, 3.05) is 6.61 Å². The Morgan fingerprint density at radius 1 is 1.50 bits per heavy atom. The second-order valence-corrected chi connectivity index (χ2v) is 5.31. The molecule has 0 aliphatic carbocycles. The first-order valence-corrected chi connectivity index (χ1v) is 7.17. The highest BCUT2D eigenvalue weighted by molar-refractivity contribution is 7.17. The Labute approximate surface area is 127 Å². The lowest BCUT2D eigenvalue weighted by atomic mass is 10.2. The van der Waals surface area contributed by atoms with Gasteiger partial charge in [0.25, 0.3) is 5.56 Å². The third-order valence-electron chi connectivity index (χ3n) is 2.98. The molecule has 0 aliphatic rings. The molecule has 0 spiro atoms. The highest BCUT2D eigenvalue weighted by Crippen LogP contribution is 2.20. The molecule has 0 aliphatic heterocycles. The quantitative estimate of drug-likeness (QED) is 0.647. The van der Waals surface area contributed by atoms with E-state index in [9.17, 15) is 9.59 Å². The van der Waals surface area contributed by atoms with Crippen LogP contribution in [0.2, 0.25) is 0 Å². The van der Waals surface area contributed by atoms with Gasteiger partial charge in [-0.2, -0.15) is 4.98 Å². The van der Waals surface area contributed by atoms with Crippen LogP contribution in [-0.2, 0) is 13.0 Å². The summed E-state index contributed by atoms with van der Waals surface area (Å²) >= 11 is 1.18. The zero-order valence-corrected chi connectivity index (χ0v) is 12.0. The number of carbonyl (C=O) groups is 1. The molecule has 0 fully saturated rings. The minimum atomic E-state index is -0.675. The summed E-state index contributed by atoms with van der Waals surface area (Å²) in [5.74, 6) is -0.110. The topological polar surface area (TPSA) is 137 Å². The smallest absolute Gasteiger partial charge is 0.263 e. The molecule has 0 unspecified atom stereocenters. The molecule has 1 amide bonds. The Morgan fingerprint density at radius 2 is 2.32 bits per heavy atom. The second-order valence-electron chi connectivity index (χ2n) is 4.45. The highest BCUT2D eigenvalue weighted by atomic mass is 32.1. The number of thiophene rings is 1. The highest BCUT2D eigenvalue weighted by Gasteiger charge is 2.16. The largest absolute Gasteiger partial charge is 0.396 e. The van der Waals surface area contributed by atoms with E-state index in [1.807, 2.05) is 0 Å². The summed E-state index contributed by atoms with van der Waals surface area (Å²) in [6, 6.07) is 0. The van der Waals surface area contributed by atoms with Gasteiger partial charge in [-0.05, 0) is 0 Å². The number of aromatic nitrogens is 4. The number of nitrogens with two attached hydrogens (primary N) is 1. The van der Waals surface area contributed by atoms with Crippen molar-refractivity contribution in [1.82, 2.24) is 19.7 Å². The summed E-state index contributed by atoms with van der Waals surface area (Å²) in [4.78, 5) is 32.4. The number of primary amides is 1. The summed E-state index contributed by atoms with van der Waals surface area (Å²) in [7, 11) is 0. The van der Waals surface area contributed by atoms with E-state index >= 15 is 0 Å². The maximum Gasteiger partial charge on any atom is 0.263 e. The molecular formula is C12H11N5O4S. The van der Waals surface area contributed by atoms with E-state index in [0.29, 0.717) is 10.7 Å². The van der Waals surface area contributed by atoms with Crippen LogP contribution in [0.3, 0.4) is 0 Å². The molecular weight excluding hydrogens is 310 g/mol. The second kappa shape index (κ2) is 5.66. The van der Waals surface area contributed by atoms with Gasteiger partial charge in [0.2, 0.25) is 11.8 Å². The van der Waals surface area contributed by atoms with Gasteiger partial charge in [0, 0.05) is 11.8 Å². The first-order chi connectivity index (χ1) is 10.6. The first-order valence-electron chi connectivity index (χ1n) is 6.29. The van der Waals surface area contributed by atoms with Crippen LogP contribution in [0.1, 0.15) is 22.1 Å².